The first-order valence-electron chi connectivity index (χ1n) is 9.76. The first-order valence-corrected chi connectivity index (χ1v) is 10.8. The van der Waals surface area contributed by atoms with Crippen LogP contribution in [0.25, 0.3) is 10.8 Å². The highest BCUT2D eigenvalue weighted by atomic mass is 32.2. The van der Waals surface area contributed by atoms with Crippen molar-refractivity contribution in [2.45, 2.75) is 20.5 Å². The number of amides is 3. The van der Waals surface area contributed by atoms with Crippen molar-refractivity contribution < 1.29 is 23.6 Å². The van der Waals surface area contributed by atoms with Gasteiger partial charge in [0.15, 0.2) is 0 Å². The van der Waals surface area contributed by atoms with Crippen LogP contribution in [0.1, 0.15) is 27.4 Å². The summed E-state index contributed by atoms with van der Waals surface area (Å²) in [6.45, 7) is 4.16. The van der Waals surface area contributed by atoms with Crippen LogP contribution in [0.3, 0.4) is 0 Å². The monoisotopic (exact) mass is 439 g/mol. The largest absolute Gasteiger partial charge is 0.488 e. The fraction of sp³-hybridized carbons (Fsp3) is 0.273. The number of rotatable bonds is 7. The molecule has 1 aromatic heterocycles. The molecule has 31 heavy (non-hydrogen) atoms. The molecule has 0 bridgehead atoms. The van der Waals surface area contributed by atoms with E-state index in [-0.39, 0.29) is 42.5 Å². The molecule has 1 aliphatic heterocycles. The Morgan fingerprint density at radius 1 is 1.23 bits per heavy atom. The van der Waals surface area contributed by atoms with Gasteiger partial charge in [0.05, 0.1) is 22.6 Å². The van der Waals surface area contributed by atoms with Crippen molar-refractivity contribution in [3.05, 3.63) is 59.0 Å². The van der Waals surface area contributed by atoms with Gasteiger partial charge in [-0.25, -0.2) is 0 Å². The van der Waals surface area contributed by atoms with E-state index in [0.29, 0.717) is 17.1 Å². The maximum absolute atomic E-state index is 12.9. The lowest BCUT2D eigenvalue weighted by Crippen LogP contribution is -2.37. The molecule has 0 saturated carbocycles. The van der Waals surface area contributed by atoms with E-state index >= 15 is 0 Å². The Balaban J connectivity index is 1.53. The molecule has 8 nitrogen and oxygen atoms in total. The molecule has 4 rings (SSSR count). The predicted molar refractivity (Wildman–Crippen MR) is 116 cm³/mol. The Labute approximate surface area is 182 Å². The van der Waals surface area contributed by atoms with E-state index in [1.807, 2.05) is 44.2 Å². The smallest absolute Gasteiger partial charge is 0.288 e. The number of hydrogen-bond donors (Lipinski definition) is 1. The average Bonchev–Trinajstić information content (AvgIpc) is 3.26. The van der Waals surface area contributed by atoms with E-state index in [9.17, 15) is 14.4 Å². The van der Waals surface area contributed by atoms with Gasteiger partial charge in [-0.3, -0.25) is 19.3 Å². The Morgan fingerprint density at radius 3 is 2.61 bits per heavy atom. The first kappa shape index (κ1) is 20.9. The third-order valence-corrected chi connectivity index (χ3v) is 5.97. The van der Waals surface area contributed by atoms with Gasteiger partial charge in [0, 0.05) is 13.1 Å². The van der Waals surface area contributed by atoms with Gasteiger partial charge >= 0.3 is 0 Å². The molecule has 2 aromatic carbocycles. The van der Waals surface area contributed by atoms with Gasteiger partial charge in [-0.2, -0.15) is 0 Å². The van der Waals surface area contributed by atoms with Crippen molar-refractivity contribution in [3.8, 4) is 5.75 Å². The van der Waals surface area contributed by atoms with Crippen LogP contribution in [0.2, 0.25) is 0 Å². The van der Waals surface area contributed by atoms with Crippen molar-refractivity contribution in [3.63, 3.8) is 0 Å². The highest BCUT2D eigenvalue weighted by molar-refractivity contribution is 8.14. The van der Waals surface area contributed by atoms with Gasteiger partial charge in [-0.1, -0.05) is 41.2 Å². The quantitative estimate of drug-likeness (QED) is 0.602. The zero-order valence-corrected chi connectivity index (χ0v) is 18.0. The molecule has 0 radical (unpaired) electrons. The van der Waals surface area contributed by atoms with E-state index < -0.39 is 0 Å². The number of aromatic nitrogens is 1. The maximum Gasteiger partial charge on any atom is 0.288 e. The van der Waals surface area contributed by atoms with Crippen LogP contribution in [0.15, 0.2) is 40.9 Å². The summed E-state index contributed by atoms with van der Waals surface area (Å²) in [6, 6.07) is 11.3. The number of hydrogen-bond acceptors (Lipinski definition) is 7. The molecule has 1 N–H and O–H groups in total. The Morgan fingerprint density at radius 2 is 1.97 bits per heavy atom. The lowest BCUT2D eigenvalue weighted by molar-refractivity contribution is -0.124. The second-order valence-corrected chi connectivity index (χ2v) is 8.07. The molecule has 0 aliphatic carbocycles. The number of fused-ring (bicyclic) bond motifs is 1. The minimum absolute atomic E-state index is 0.138. The van der Waals surface area contributed by atoms with Gasteiger partial charge in [0.25, 0.3) is 11.1 Å². The molecule has 9 heteroatoms. The lowest BCUT2D eigenvalue weighted by Gasteiger charge is -2.15. The zero-order chi connectivity index (χ0) is 22.0. The molecule has 2 heterocycles. The van der Waals surface area contributed by atoms with Crippen LogP contribution in [-0.2, 0) is 11.4 Å². The van der Waals surface area contributed by atoms with Crippen molar-refractivity contribution >= 4 is 39.6 Å². The topological polar surface area (TPSA) is 102 Å². The molecule has 0 spiro atoms. The highest BCUT2D eigenvalue weighted by Gasteiger charge is 2.29. The molecule has 0 unspecified atom stereocenters. The van der Waals surface area contributed by atoms with Crippen LogP contribution in [0.5, 0.6) is 5.75 Å². The molecule has 160 valence electrons. The minimum Gasteiger partial charge on any atom is -0.488 e. The van der Waals surface area contributed by atoms with E-state index in [2.05, 4.69) is 10.5 Å². The number of carbonyl (C=O) groups is 3. The maximum atomic E-state index is 12.9. The van der Waals surface area contributed by atoms with Crippen molar-refractivity contribution in [2.75, 3.05) is 18.8 Å². The van der Waals surface area contributed by atoms with Gasteiger partial charge in [-0.15, -0.1) is 0 Å². The molecule has 3 aromatic rings. The summed E-state index contributed by atoms with van der Waals surface area (Å²) in [5, 5.41) is 8.27. The fourth-order valence-electron chi connectivity index (χ4n) is 3.35. The fourth-order valence-corrected chi connectivity index (χ4v) is 4.10. The average molecular weight is 439 g/mol. The van der Waals surface area contributed by atoms with Gasteiger partial charge in [-0.05, 0) is 36.8 Å². The second-order valence-electron chi connectivity index (χ2n) is 7.14. The molecule has 1 aliphatic rings. The summed E-state index contributed by atoms with van der Waals surface area (Å²) < 4.78 is 11.2. The first-order chi connectivity index (χ1) is 14.9. The van der Waals surface area contributed by atoms with Crippen LogP contribution in [0.4, 0.5) is 4.79 Å². The summed E-state index contributed by atoms with van der Waals surface area (Å²) in [5.41, 5.74) is 1.95. The number of carbonyl (C=O) groups excluding carboxylic acids is 3. The third-order valence-electron chi connectivity index (χ3n) is 5.11. The van der Waals surface area contributed by atoms with Crippen molar-refractivity contribution in [1.82, 2.24) is 15.4 Å². The van der Waals surface area contributed by atoms with Crippen LogP contribution >= 0.6 is 11.8 Å². The predicted octanol–water partition coefficient (Wildman–Crippen LogP) is 3.45. The summed E-state index contributed by atoms with van der Waals surface area (Å²) in [5.74, 6) is 0.670. The van der Waals surface area contributed by atoms with E-state index in [1.165, 1.54) is 0 Å². The number of thioether (sulfide) groups is 1. The van der Waals surface area contributed by atoms with E-state index in [4.69, 9.17) is 9.26 Å². The summed E-state index contributed by atoms with van der Waals surface area (Å²) in [7, 11) is 0. The third kappa shape index (κ3) is 4.41. The summed E-state index contributed by atoms with van der Waals surface area (Å²) in [4.78, 5) is 37.5. The molecule has 3 amide bonds. The SMILES string of the molecule is Cc1noc(C)c1COc1cc2ccccc2cc1C(=O)NCCN1C(=O)CSC1=O. The number of benzene rings is 2. The molecular weight excluding hydrogens is 418 g/mol. The van der Waals surface area contributed by atoms with Crippen LogP contribution in [-0.4, -0.2) is 46.0 Å². The zero-order valence-electron chi connectivity index (χ0n) is 17.1. The van der Waals surface area contributed by atoms with E-state index in [1.54, 1.807) is 6.07 Å². The van der Waals surface area contributed by atoms with Gasteiger partial charge in [0.2, 0.25) is 5.91 Å². The molecular formula is C22H21N3O5S. The number of aryl methyl sites for hydroxylation is 2. The van der Waals surface area contributed by atoms with Gasteiger partial charge in [0.1, 0.15) is 18.1 Å². The van der Waals surface area contributed by atoms with Crippen molar-refractivity contribution in [2.24, 2.45) is 0 Å². The Hall–Kier alpha value is -3.33. The van der Waals surface area contributed by atoms with E-state index in [0.717, 1.165) is 38.7 Å². The summed E-state index contributed by atoms with van der Waals surface area (Å²) >= 11 is 0.972. The number of nitrogens with one attached hydrogen (secondary N) is 1. The van der Waals surface area contributed by atoms with Crippen LogP contribution < -0.4 is 10.1 Å². The number of ether oxygens (including phenoxy) is 1. The minimum atomic E-state index is -0.341. The second kappa shape index (κ2) is 8.81. The summed E-state index contributed by atoms with van der Waals surface area (Å²) in [6.07, 6.45) is 0. The van der Waals surface area contributed by atoms with Gasteiger partial charge < -0.3 is 14.6 Å². The number of nitrogens with zero attached hydrogens (tertiary/aromatic N) is 2. The molecule has 1 saturated heterocycles. The Kier molecular flexibility index (Phi) is 5.94. The molecule has 0 atom stereocenters. The number of imide groups is 1. The lowest BCUT2D eigenvalue weighted by atomic mass is 10.1. The molecule has 1 fully saturated rings. The highest BCUT2D eigenvalue weighted by Crippen LogP contribution is 2.28. The van der Waals surface area contributed by atoms with Crippen molar-refractivity contribution in [1.29, 1.82) is 0 Å². The Bertz CT molecular complexity index is 1140. The normalized spacial score (nSPS) is 13.8. The van der Waals surface area contributed by atoms with Crippen LogP contribution in [0, 0.1) is 13.8 Å². The standard InChI is InChI=1S/C22H21N3O5S/c1-13-18(14(2)30-24-13)11-29-19-10-16-6-4-3-5-15(16)9-17(19)21(27)23-7-8-25-20(26)12-31-22(25)28/h3-6,9-10H,7-8,11-12H2,1-2H3,(H,23,27).